The topological polar surface area (TPSA) is 26.3 Å². The largest absolute Gasteiger partial charge is 0.480 e. The van der Waals surface area contributed by atoms with Crippen LogP contribution < -0.4 is 4.74 Å². The van der Waals surface area contributed by atoms with Crippen LogP contribution in [0.5, 0.6) is 5.75 Å². The van der Waals surface area contributed by atoms with E-state index in [-0.39, 0.29) is 5.78 Å². The van der Waals surface area contributed by atoms with Crippen LogP contribution in [0, 0.1) is 11.8 Å². The highest BCUT2D eigenvalue weighted by atomic mass is 79.9. The smallest absolute Gasteiger partial charge is 0.163 e. The number of halogens is 1. The Morgan fingerprint density at radius 3 is 2.87 bits per heavy atom. The third kappa shape index (κ3) is 3.41. The predicted octanol–water partition coefficient (Wildman–Crippen LogP) is 3.05. The van der Waals surface area contributed by atoms with Gasteiger partial charge in [0.05, 0.1) is 5.56 Å². The average molecular weight is 267 g/mol. The molecule has 0 saturated carbocycles. The molecule has 0 aromatic heterocycles. The van der Waals surface area contributed by atoms with E-state index >= 15 is 0 Å². The fourth-order valence-electron chi connectivity index (χ4n) is 1.09. The number of benzene rings is 1. The summed E-state index contributed by atoms with van der Waals surface area (Å²) in [4.78, 5) is 11.3. The van der Waals surface area contributed by atoms with Gasteiger partial charge in [0.1, 0.15) is 12.4 Å². The number of Topliss-reactive ketones (excluding diaryl/α,β-unsaturated/α-hetero) is 1. The molecule has 0 bridgehead atoms. The molecule has 0 aliphatic heterocycles. The highest BCUT2D eigenvalue weighted by Crippen LogP contribution is 2.24. The molecule has 0 fully saturated rings. The van der Waals surface area contributed by atoms with Crippen molar-refractivity contribution in [1.82, 2.24) is 0 Å². The van der Waals surface area contributed by atoms with Crippen LogP contribution in [-0.4, -0.2) is 12.4 Å². The fraction of sp³-hybridized carbons (Fsp3) is 0.250. The van der Waals surface area contributed by atoms with E-state index in [1.54, 1.807) is 19.1 Å². The maximum Gasteiger partial charge on any atom is 0.163 e. The Morgan fingerprint density at radius 2 is 2.27 bits per heavy atom. The number of ether oxygens (including phenoxy) is 1. The fourth-order valence-corrected chi connectivity index (χ4v) is 1.43. The Hall–Kier alpha value is -1.27. The number of carbonyl (C=O) groups is 1. The lowest BCUT2D eigenvalue weighted by Crippen LogP contribution is -2.01. The number of rotatable bonds is 3. The van der Waals surface area contributed by atoms with Crippen LogP contribution in [0.3, 0.4) is 0 Å². The second kappa shape index (κ2) is 5.57. The van der Waals surface area contributed by atoms with E-state index in [2.05, 4.69) is 27.8 Å². The maximum atomic E-state index is 11.3. The van der Waals surface area contributed by atoms with Crippen LogP contribution in [0.25, 0.3) is 0 Å². The minimum atomic E-state index is -0.0121. The lowest BCUT2D eigenvalue weighted by Gasteiger charge is -2.07. The molecule has 1 aromatic rings. The number of ketones is 1. The molecule has 0 aliphatic rings. The average Bonchev–Trinajstić information content (AvgIpc) is 2.18. The second-order valence-electron chi connectivity index (χ2n) is 2.91. The van der Waals surface area contributed by atoms with Crippen molar-refractivity contribution in [2.24, 2.45) is 0 Å². The third-order valence-electron chi connectivity index (χ3n) is 1.80. The molecule has 15 heavy (non-hydrogen) atoms. The molecule has 2 nitrogen and oxygen atoms in total. The van der Waals surface area contributed by atoms with Gasteiger partial charge in [0.15, 0.2) is 5.78 Å². The zero-order valence-electron chi connectivity index (χ0n) is 8.63. The Balaban J connectivity index is 2.95. The van der Waals surface area contributed by atoms with Gasteiger partial charge in [0, 0.05) is 4.47 Å². The van der Waals surface area contributed by atoms with E-state index in [4.69, 9.17) is 4.74 Å². The number of carbonyl (C=O) groups excluding carboxylic acids is 1. The Morgan fingerprint density at radius 1 is 1.53 bits per heavy atom. The number of hydrogen-bond acceptors (Lipinski definition) is 2. The van der Waals surface area contributed by atoms with Crippen molar-refractivity contribution >= 4 is 21.7 Å². The summed E-state index contributed by atoms with van der Waals surface area (Å²) in [5.74, 6) is 6.07. The Kier molecular flexibility index (Phi) is 4.38. The van der Waals surface area contributed by atoms with E-state index in [1.807, 2.05) is 6.07 Å². The van der Waals surface area contributed by atoms with Crippen LogP contribution in [0.1, 0.15) is 24.2 Å². The first-order valence-electron chi connectivity index (χ1n) is 4.48. The zero-order valence-corrected chi connectivity index (χ0v) is 10.2. The van der Waals surface area contributed by atoms with Crippen molar-refractivity contribution in [1.29, 1.82) is 0 Å². The highest BCUT2D eigenvalue weighted by molar-refractivity contribution is 9.10. The number of hydrogen-bond donors (Lipinski definition) is 0. The van der Waals surface area contributed by atoms with Gasteiger partial charge in [0.25, 0.3) is 0 Å². The summed E-state index contributed by atoms with van der Waals surface area (Å²) in [5, 5.41) is 0. The van der Waals surface area contributed by atoms with Gasteiger partial charge in [-0.2, -0.15) is 0 Å². The van der Waals surface area contributed by atoms with Gasteiger partial charge in [0.2, 0.25) is 0 Å². The maximum absolute atomic E-state index is 11.3. The molecule has 0 unspecified atom stereocenters. The molecule has 0 N–H and O–H groups in total. The van der Waals surface area contributed by atoms with Gasteiger partial charge >= 0.3 is 0 Å². The standard InChI is InChI=1S/C12H11BrO2/c1-3-4-7-15-12-8-10(13)5-6-11(12)9(2)14/h5-6,8H,7H2,1-2H3. The summed E-state index contributed by atoms with van der Waals surface area (Å²) in [7, 11) is 0. The van der Waals surface area contributed by atoms with Crippen LogP contribution in [-0.2, 0) is 0 Å². The lowest BCUT2D eigenvalue weighted by atomic mass is 10.1. The monoisotopic (exact) mass is 266 g/mol. The van der Waals surface area contributed by atoms with Crippen molar-refractivity contribution in [3.05, 3.63) is 28.2 Å². The molecular weight excluding hydrogens is 256 g/mol. The van der Waals surface area contributed by atoms with Gasteiger partial charge in [-0.15, -0.1) is 5.92 Å². The van der Waals surface area contributed by atoms with Gasteiger partial charge < -0.3 is 4.74 Å². The molecule has 3 heteroatoms. The Bertz CT molecular complexity index is 427. The van der Waals surface area contributed by atoms with Crippen LogP contribution in [0.15, 0.2) is 22.7 Å². The molecule has 1 rings (SSSR count). The molecule has 0 heterocycles. The zero-order chi connectivity index (χ0) is 11.3. The summed E-state index contributed by atoms with van der Waals surface area (Å²) in [5.41, 5.74) is 0.580. The predicted molar refractivity (Wildman–Crippen MR) is 63.1 cm³/mol. The van der Waals surface area contributed by atoms with E-state index in [9.17, 15) is 4.79 Å². The van der Waals surface area contributed by atoms with Crippen LogP contribution in [0.2, 0.25) is 0 Å². The van der Waals surface area contributed by atoms with E-state index in [0.29, 0.717) is 17.9 Å². The molecule has 0 atom stereocenters. The van der Waals surface area contributed by atoms with Gasteiger partial charge in [-0.05, 0) is 32.0 Å². The first kappa shape index (κ1) is 11.8. The molecule has 0 saturated heterocycles. The van der Waals surface area contributed by atoms with Crippen molar-refractivity contribution in [3.8, 4) is 17.6 Å². The first-order valence-corrected chi connectivity index (χ1v) is 5.27. The lowest BCUT2D eigenvalue weighted by molar-refractivity contribution is 0.101. The first-order chi connectivity index (χ1) is 7.15. The van der Waals surface area contributed by atoms with Crippen molar-refractivity contribution in [2.45, 2.75) is 13.8 Å². The molecular formula is C12H11BrO2. The summed E-state index contributed by atoms with van der Waals surface area (Å²) in [6.45, 7) is 3.56. The third-order valence-corrected chi connectivity index (χ3v) is 2.29. The summed E-state index contributed by atoms with van der Waals surface area (Å²) < 4.78 is 6.28. The molecule has 0 amide bonds. The molecule has 0 radical (unpaired) electrons. The quantitative estimate of drug-likeness (QED) is 0.621. The van der Waals surface area contributed by atoms with Crippen molar-refractivity contribution < 1.29 is 9.53 Å². The summed E-state index contributed by atoms with van der Waals surface area (Å²) in [6, 6.07) is 5.32. The minimum absolute atomic E-state index is 0.0121. The van der Waals surface area contributed by atoms with Crippen LogP contribution in [0.4, 0.5) is 0 Å². The molecule has 0 spiro atoms. The van der Waals surface area contributed by atoms with Gasteiger partial charge in [-0.3, -0.25) is 4.79 Å². The molecule has 0 aliphatic carbocycles. The Labute approximate surface area is 97.8 Å². The summed E-state index contributed by atoms with van der Waals surface area (Å²) >= 11 is 3.33. The second-order valence-corrected chi connectivity index (χ2v) is 3.83. The van der Waals surface area contributed by atoms with Crippen molar-refractivity contribution in [2.75, 3.05) is 6.61 Å². The van der Waals surface area contributed by atoms with Crippen LogP contribution >= 0.6 is 15.9 Å². The molecule has 78 valence electrons. The van der Waals surface area contributed by atoms with E-state index in [1.165, 1.54) is 6.92 Å². The normalized spacial score (nSPS) is 9.00. The minimum Gasteiger partial charge on any atom is -0.480 e. The van der Waals surface area contributed by atoms with Gasteiger partial charge in [-0.1, -0.05) is 21.9 Å². The highest BCUT2D eigenvalue weighted by Gasteiger charge is 2.08. The van der Waals surface area contributed by atoms with E-state index in [0.717, 1.165) is 4.47 Å². The molecule has 1 aromatic carbocycles. The van der Waals surface area contributed by atoms with E-state index < -0.39 is 0 Å². The summed E-state index contributed by atoms with van der Waals surface area (Å²) in [6.07, 6.45) is 0. The SMILES string of the molecule is CC#CCOc1cc(Br)ccc1C(C)=O. The van der Waals surface area contributed by atoms with Crippen molar-refractivity contribution in [3.63, 3.8) is 0 Å². The van der Waals surface area contributed by atoms with Gasteiger partial charge in [-0.25, -0.2) is 0 Å².